The van der Waals surface area contributed by atoms with Gasteiger partial charge in [-0.25, -0.2) is 4.68 Å². The molecule has 0 saturated heterocycles. The van der Waals surface area contributed by atoms with Crippen molar-refractivity contribution >= 4 is 17.3 Å². The van der Waals surface area contributed by atoms with E-state index in [0.29, 0.717) is 0 Å². The number of anilines is 1. The minimum atomic E-state index is -0.690. The van der Waals surface area contributed by atoms with E-state index in [9.17, 15) is 20.0 Å². The molecule has 0 unspecified atom stereocenters. The summed E-state index contributed by atoms with van der Waals surface area (Å²) in [6, 6.07) is 3.75. The van der Waals surface area contributed by atoms with Crippen LogP contribution < -0.4 is 5.32 Å². The molecule has 0 aliphatic heterocycles. The number of hydrogen-bond acceptors (Lipinski definition) is 6. The van der Waals surface area contributed by atoms with E-state index in [1.165, 1.54) is 35.3 Å². The number of carbonyl (C=O) groups excluding carboxylic acids is 1. The van der Waals surface area contributed by atoms with Gasteiger partial charge in [0.1, 0.15) is 12.3 Å². The van der Waals surface area contributed by atoms with Crippen LogP contribution in [0.25, 0.3) is 0 Å². The molecule has 0 aliphatic rings. The fourth-order valence-corrected chi connectivity index (χ4v) is 1.45. The average molecular weight is 263 g/mol. The Hall–Kier alpha value is -2.97. The summed E-state index contributed by atoms with van der Waals surface area (Å²) in [4.78, 5) is 21.8. The van der Waals surface area contributed by atoms with Gasteiger partial charge in [-0.15, -0.1) is 5.10 Å². The zero-order valence-corrected chi connectivity index (χ0v) is 9.55. The van der Waals surface area contributed by atoms with Crippen molar-refractivity contribution in [2.45, 2.75) is 6.54 Å². The normalized spacial score (nSPS) is 10.1. The minimum absolute atomic E-state index is 0.161. The molecule has 0 fully saturated rings. The maximum atomic E-state index is 11.7. The molecule has 0 bridgehead atoms. The van der Waals surface area contributed by atoms with E-state index in [4.69, 9.17) is 0 Å². The molecule has 0 spiro atoms. The summed E-state index contributed by atoms with van der Waals surface area (Å²) < 4.78 is 1.25. The number of rotatable bonds is 4. The van der Waals surface area contributed by atoms with Crippen molar-refractivity contribution in [2.24, 2.45) is 0 Å². The van der Waals surface area contributed by atoms with Crippen LogP contribution in [0.3, 0.4) is 0 Å². The molecule has 9 heteroatoms. The molecule has 2 N–H and O–H groups in total. The Morgan fingerprint density at radius 1 is 1.53 bits per heavy atom. The maximum Gasteiger partial charge on any atom is 0.296 e. The SMILES string of the molecule is O=C(Cn1ccnn1)Nc1c(O)cccc1[N+](=O)[O-]. The number of aromatic nitrogens is 3. The van der Waals surface area contributed by atoms with Gasteiger partial charge in [0.15, 0.2) is 5.69 Å². The Balaban J connectivity index is 2.19. The van der Waals surface area contributed by atoms with E-state index in [0.717, 1.165) is 0 Å². The molecule has 1 aromatic carbocycles. The molecular formula is C10H9N5O4. The first-order valence-corrected chi connectivity index (χ1v) is 5.18. The first kappa shape index (κ1) is 12.5. The Bertz CT molecular complexity index is 610. The number of benzene rings is 1. The molecule has 0 saturated carbocycles. The first-order chi connectivity index (χ1) is 9.08. The van der Waals surface area contributed by atoms with Crippen molar-refractivity contribution in [3.05, 3.63) is 40.7 Å². The van der Waals surface area contributed by atoms with Crippen LogP contribution in [0.4, 0.5) is 11.4 Å². The smallest absolute Gasteiger partial charge is 0.296 e. The van der Waals surface area contributed by atoms with Gasteiger partial charge in [-0.05, 0) is 6.07 Å². The van der Waals surface area contributed by atoms with Gasteiger partial charge >= 0.3 is 0 Å². The number of nitrogens with zero attached hydrogens (tertiary/aromatic N) is 4. The van der Waals surface area contributed by atoms with Crippen LogP contribution in [0, 0.1) is 10.1 Å². The summed E-state index contributed by atoms with van der Waals surface area (Å²) >= 11 is 0. The van der Waals surface area contributed by atoms with Crippen molar-refractivity contribution in [3.63, 3.8) is 0 Å². The number of aromatic hydroxyl groups is 1. The van der Waals surface area contributed by atoms with Crippen LogP contribution in [0.15, 0.2) is 30.6 Å². The molecule has 0 radical (unpaired) electrons. The predicted molar refractivity (Wildman–Crippen MR) is 63.4 cm³/mol. The summed E-state index contributed by atoms with van der Waals surface area (Å²) in [6.07, 6.45) is 2.87. The number of nitrogens with one attached hydrogen (secondary N) is 1. The standard InChI is InChI=1S/C10H9N5O4/c16-8-3-1-2-7(15(18)19)10(8)12-9(17)6-14-5-4-11-13-14/h1-5,16H,6H2,(H,12,17). The zero-order valence-electron chi connectivity index (χ0n) is 9.55. The average Bonchev–Trinajstić information content (AvgIpc) is 2.84. The highest BCUT2D eigenvalue weighted by Crippen LogP contribution is 2.32. The van der Waals surface area contributed by atoms with Crippen LogP contribution in [0.5, 0.6) is 5.75 Å². The van der Waals surface area contributed by atoms with E-state index in [1.807, 2.05) is 0 Å². The molecule has 2 rings (SSSR count). The fraction of sp³-hybridized carbons (Fsp3) is 0.100. The summed E-state index contributed by atoms with van der Waals surface area (Å²) in [5.41, 5.74) is -0.621. The van der Waals surface area contributed by atoms with E-state index in [2.05, 4.69) is 15.6 Å². The van der Waals surface area contributed by atoms with Crippen molar-refractivity contribution in [2.75, 3.05) is 5.32 Å². The second kappa shape index (κ2) is 5.12. The van der Waals surface area contributed by atoms with Gasteiger partial charge in [0, 0.05) is 12.3 Å². The number of carbonyl (C=O) groups is 1. The molecule has 19 heavy (non-hydrogen) atoms. The third-order valence-electron chi connectivity index (χ3n) is 2.26. The van der Waals surface area contributed by atoms with Crippen LogP contribution in [-0.4, -0.2) is 30.9 Å². The predicted octanol–water partition coefficient (Wildman–Crippen LogP) is 0.531. The summed E-state index contributed by atoms with van der Waals surface area (Å²) in [5.74, 6) is -0.934. The second-order valence-corrected chi connectivity index (χ2v) is 3.58. The monoisotopic (exact) mass is 263 g/mol. The number of para-hydroxylation sites is 1. The molecule has 1 heterocycles. The third-order valence-corrected chi connectivity index (χ3v) is 2.26. The van der Waals surface area contributed by atoms with E-state index in [1.54, 1.807) is 0 Å². The number of nitro benzene ring substituents is 1. The summed E-state index contributed by atoms with van der Waals surface area (Å²) in [6.45, 7) is -0.161. The van der Waals surface area contributed by atoms with Gasteiger partial charge < -0.3 is 10.4 Å². The van der Waals surface area contributed by atoms with Crippen LogP contribution in [0.2, 0.25) is 0 Å². The lowest BCUT2D eigenvalue weighted by atomic mass is 10.2. The van der Waals surface area contributed by atoms with E-state index >= 15 is 0 Å². The molecule has 0 atom stereocenters. The van der Waals surface area contributed by atoms with Gasteiger partial charge in [0.2, 0.25) is 5.91 Å². The zero-order chi connectivity index (χ0) is 13.8. The molecular weight excluding hydrogens is 254 g/mol. The number of nitro groups is 1. The summed E-state index contributed by atoms with van der Waals surface area (Å²) in [5, 5.41) is 29.7. The third kappa shape index (κ3) is 2.83. The Kier molecular flexibility index (Phi) is 3.37. The van der Waals surface area contributed by atoms with Gasteiger partial charge in [0.25, 0.3) is 5.69 Å². The summed E-state index contributed by atoms with van der Waals surface area (Å²) in [7, 11) is 0. The molecule has 98 valence electrons. The minimum Gasteiger partial charge on any atom is -0.505 e. The Morgan fingerprint density at radius 2 is 2.32 bits per heavy atom. The van der Waals surface area contributed by atoms with Crippen LogP contribution in [-0.2, 0) is 11.3 Å². The largest absolute Gasteiger partial charge is 0.505 e. The fourth-order valence-electron chi connectivity index (χ4n) is 1.45. The topological polar surface area (TPSA) is 123 Å². The Labute approximate surface area is 106 Å². The molecule has 2 aromatic rings. The van der Waals surface area contributed by atoms with Gasteiger partial charge in [-0.1, -0.05) is 11.3 Å². The quantitative estimate of drug-likeness (QED) is 0.471. The first-order valence-electron chi connectivity index (χ1n) is 5.18. The number of hydrogen-bond donors (Lipinski definition) is 2. The van der Waals surface area contributed by atoms with Gasteiger partial charge in [0.05, 0.1) is 11.1 Å². The highest BCUT2D eigenvalue weighted by atomic mass is 16.6. The Morgan fingerprint density at radius 3 is 2.95 bits per heavy atom. The highest BCUT2D eigenvalue weighted by Gasteiger charge is 2.19. The van der Waals surface area contributed by atoms with Crippen LogP contribution in [0.1, 0.15) is 0 Å². The number of amides is 1. The van der Waals surface area contributed by atoms with E-state index < -0.39 is 10.8 Å². The maximum absolute atomic E-state index is 11.7. The lowest BCUT2D eigenvalue weighted by molar-refractivity contribution is -0.384. The van der Waals surface area contributed by atoms with Crippen molar-refractivity contribution < 1.29 is 14.8 Å². The molecule has 9 nitrogen and oxygen atoms in total. The lowest BCUT2D eigenvalue weighted by Crippen LogP contribution is -2.19. The number of phenols is 1. The van der Waals surface area contributed by atoms with Crippen LogP contribution >= 0.6 is 0 Å². The molecule has 1 aromatic heterocycles. The van der Waals surface area contributed by atoms with E-state index in [-0.39, 0.29) is 23.7 Å². The van der Waals surface area contributed by atoms with Crippen molar-refractivity contribution in [3.8, 4) is 5.75 Å². The van der Waals surface area contributed by atoms with Gasteiger partial charge in [-0.2, -0.15) is 0 Å². The second-order valence-electron chi connectivity index (χ2n) is 3.58. The number of phenolic OH excluding ortho intramolecular Hbond substituents is 1. The highest BCUT2D eigenvalue weighted by molar-refractivity contribution is 5.94. The lowest BCUT2D eigenvalue weighted by Gasteiger charge is -2.07. The van der Waals surface area contributed by atoms with Crippen molar-refractivity contribution in [1.82, 2.24) is 15.0 Å². The molecule has 1 amide bonds. The van der Waals surface area contributed by atoms with Crippen molar-refractivity contribution in [1.29, 1.82) is 0 Å². The van der Waals surface area contributed by atoms with Gasteiger partial charge in [-0.3, -0.25) is 14.9 Å². The molecule has 0 aliphatic carbocycles.